The van der Waals surface area contributed by atoms with Gasteiger partial charge in [0.1, 0.15) is 5.82 Å². The molecule has 0 saturated carbocycles. The molecule has 0 aliphatic carbocycles. The fourth-order valence-electron chi connectivity index (χ4n) is 1.30. The summed E-state index contributed by atoms with van der Waals surface area (Å²) in [6, 6.07) is 10.8. The zero-order chi connectivity index (χ0) is 10.7. The summed E-state index contributed by atoms with van der Waals surface area (Å²) in [6.45, 7) is 0. The Kier molecular flexibility index (Phi) is 2.63. The largest absolute Gasteiger partial charge is 0.481 e. The molecule has 0 unspecified atom stereocenters. The van der Waals surface area contributed by atoms with Gasteiger partial charge in [-0.3, -0.25) is 0 Å². The van der Waals surface area contributed by atoms with Crippen LogP contribution in [0.25, 0.3) is 11.1 Å². The molecular formula is C12H9FNO. The second kappa shape index (κ2) is 4.09. The van der Waals surface area contributed by atoms with Crippen LogP contribution in [0.2, 0.25) is 0 Å². The van der Waals surface area contributed by atoms with E-state index in [4.69, 9.17) is 4.74 Å². The van der Waals surface area contributed by atoms with Gasteiger partial charge >= 0.3 is 0 Å². The molecule has 1 aromatic carbocycles. The van der Waals surface area contributed by atoms with Gasteiger partial charge in [0.25, 0.3) is 0 Å². The maximum Gasteiger partial charge on any atom is 0.212 e. The molecule has 75 valence electrons. The Morgan fingerprint density at radius 1 is 1.33 bits per heavy atom. The monoisotopic (exact) mass is 202 g/mol. The Balaban J connectivity index is 2.42. The quantitative estimate of drug-likeness (QED) is 0.747. The number of ether oxygens (including phenoxy) is 1. The molecule has 3 heteroatoms. The van der Waals surface area contributed by atoms with Crippen LogP contribution in [-0.2, 0) is 0 Å². The Labute approximate surface area is 87.4 Å². The highest BCUT2D eigenvalue weighted by atomic mass is 19.1. The number of methoxy groups -OCH3 is 1. The van der Waals surface area contributed by atoms with Gasteiger partial charge in [0.05, 0.1) is 7.11 Å². The van der Waals surface area contributed by atoms with Crippen LogP contribution in [0.15, 0.2) is 36.5 Å². The normalized spacial score (nSPS) is 10.0. The van der Waals surface area contributed by atoms with Crippen LogP contribution < -0.4 is 4.74 Å². The van der Waals surface area contributed by atoms with Crippen LogP contribution in [0, 0.1) is 11.9 Å². The zero-order valence-electron chi connectivity index (χ0n) is 8.20. The summed E-state index contributed by atoms with van der Waals surface area (Å²) in [5.74, 6) is 0.214. The standard InChI is InChI=1S/C12H9FNO/c1-15-12-7-6-9(8-14-12)10-4-2-3-5-11(10)13/h2,4-8H,1H3. The topological polar surface area (TPSA) is 22.1 Å². The van der Waals surface area contributed by atoms with Crippen molar-refractivity contribution in [2.75, 3.05) is 7.11 Å². The van der Waals surface area contributed by atoms with Gasteiger partial charge in [0.2, 0.25) is 5.88 Å². The molecule has 2 nitrogen and oxygen atoms in total. The summed E-state index contributed by atoms with van der Waals surface area (Å²) in [7, 11) is 1.54. The van der Waals surface area contributed by atoms with E-state index in [1.165, 1.54) is 6.07 Å². The average Bonchev–Trinajstić information content (AvgIpc) is 2.30. The molecule has 0 N–H and O–H groups in total. The SMILES string of the molecule is COc1ccc(-c2cc[c]cc2F)cn1. The van der Waals surface area contributed by atoms with Crippen LogP contribution in [-0.4, -0.2) is 12.1 Å². The van der Waals surface area contributed by atoms with Crippen molar-refractivity contribution in [2.24, 2.45) is 0 Å². The maximum absolute atomic E-state index is 13.4. The lowest BCUT2D eigenvalue weighted by atomic mass is 10.1. The van der Waals surface area contributed by atoms with Gasteiger partial charge in [0.15, 0.2) is 0 Å². The Hall–Kier alpha value is -1.90. The van der Waals surface area contributed by atoms with Gasteiger partial charge < -0.3 is 4.74 Å². The summed E-state index contributed by atoms with van der Waals surface area (Å²) >= 11 is 0. The van der Waals surface area contributed by atoms with E-state index in [2.05, 4.69) is 11.1 Å². The van der Waals surface area contributed by atoms with Crippen molar-refractivity contribution < 1.29 is 9.13 Å². The van der Waals surface area contributed by atoms with E-state index >= 15 is 0 Å². The number of halogens is 1. The number of hydrogen-bond donors (Lipinski definition) is 0. The first-order chi connectivity index (χ1) is 7.31. The van der Waals surface area contributed by atoms with E-state index in [-0.39, 0.29) is 5.82 Å². The van der Waals surface area contributed by atoms with Crippen LogP contribution in [0.4, 0.5) is 4.39 Å². The lowest BCUT2D eigenvalue weighted by Gasteiger charge is -2.03. The molecule has 2 aromatic rings. The summed E-state index contributed by atoms with van der Waals surface area (Å²) in [5, 5.41) is 0. The Morgan fingerprint density at radius 2 is 2.20 bits per heavy atom. The third kappa shape index (κ3) is 1.96. The van der Waals surface area contributed by atoms with Crippen molar-refractivity contribution in [3.05, 3.63) is 48.4 Å². The molecule has 0 amide bonds. The minimum absolute atomic E-state index is 0.301. The fourth-order valence-corrected chi connectivity index (χ4v) is 1.30. The number of nitrogens with zero attached hydrogens (tertiary/aromatic N) is 1. The van der Waals surface area contributed by atoms with E-state index in [9.17, 15) is 4.39 Å². The summed E-state index contributed by atoms with van der Waals surface area (Å²) < 4.78 is 18.3. The summed E-state index contributed by atoms with van der Waals surface area (Å²) in [4.78, 5) is 4.02. The van der Waals surface area contributed by atoms with Gasteiger partial charge in [-0.05, 0) is 18.2 Å². The van der Waals surface area contributed by atoms with Gasteiger partial charge in [-0.15, -0.1) is 0 Å². The zero-order valence-corrected chi connectivity index (χ0v) is 8.20. The minimum atomic E-state index is -0.301. The Morgan fingerprint density at radius 3 is 2.80 bits per heavy atom. The summed E-state index contributed by atoms with van der Waals surface area (Å²) in [6.07, 6.45) is 1.58. The third-order valence-electron chi connectivity index (χ3n) is 2.07. The molecule has 0 aliphatic heterocycles. The number of rotatable bonds is 2. The fraction of sp³-hybridized carbons (Fsp3) is 0.0833. The first kappa shape index (κ1) is 9.65. The molecule has 0 bridgehead atoms. The van der Waals surface area contributed by atoms with Gasteiger partial charge in [-0.1, -0.05) is 12.1 Å². The average molecular weight is 202 g/mol. The number of benzene rings is 1. The predicted molar refractivity (Wildman–Crippen MR) is 55.0 cm³/mol. The molecule has 0 atom stereocenters. The van der Waals surface area contributed by atoms with Crippen LogP contribution in [0.3, 0.4) is 0 Å². The predicted octanol–water partition coefficient (Wildman–Crippen LogP) is 2.70. The van der Waals surface area contributed by atoms with Crippen molar-refractivity contribution in [1.82, 2.24) is 4.98 Å². The van der Waals surface area contributed by atoms with E-state index in [0.29, 0.717) is 11.4 Å². The van der Waals surface area contributed by atoms with Crippen molar-refractivity contribution in [3.8, 4) is 17.0 Å². The van der Waals surface area contributed by atoms with Gasteiger partial charge in [0, 0.05) is 23.4 Å². The van der Waals surface area contributed by atoms with E-state index < -0.39 is 0 Å². The minimum Gasteiger partial charge on any atom is -0.481 e. The van der Waals surface area contributed by atoms with E-state index in [1.807, 2.05) is 0 Å². The molecule has 15 heavy (non-hydrogen) atoms. The van der Waals surface area contributed by atoms with Crippen molar-refractivity contribution >= 4 is 0 Å². The molecule has 0 saturated heterocycles. The Bertz CT molecular complexity index is 453. The number of pyridine rings is 1. The van der Waals surface area contributed by atoms with Crippen LogP contribution >= 0.6 is 0 Å². The van der Waals surface area contributed by atoms with E-state index in [1.54, 1.807) is 37.6 Å². The highest BCUT2D eigenvalue weighted by Crippen LogP contribution is 2.22. The van der Waals surface area contributed by atoms with Crippen molar-refractivity contribution in [3.63, 3.8) is 0 Å². The molecule has 0 spiro atoms. The second-order valence-corrected chi connectivity index (χ2v) is 3.00. The van der Waals surface area contributed by atoms with Crippen molar-refractivity contribution in [1.29, 1.82) is 0 Å². The highest BCUT2D eigenvalue weighted by molar-refractivity contribution is 5.63. The van der Waals surface area contributed by atoms with E-state index in [0.717, 1.165) is 5.56 Å². The molecule has 0 aliphatic rings. The first-order valence-corrected chi connectivity index (χ1v) is 4.47. The number of hydrogen-bond acceptors (Lipinski definition) is 2. The molecule has 2 rings (SSSR count). The van der Waals surface area contributed by atoms with Crippen molar-refractivity contribution in [2.45, 2.75) is 0 Å². The van der Waals surface area contributed by atoms with Gasteiger partial charge in [-0.25, -0.2) is 9.37 Å². The van der Waals surface area contributed by atoms with Crippen LogP contribution in [0.5, 0.6) is 5.88 Å². The molecule has 1 aromatic heterocycles. The lowest BCUT2D eigenvalue weighted by Crippen LogP contribution is -1.88. The molecule has 0 fully saturated rings. The smallest absolute Gasteiger partial charge is 0.212 e. The number of aromatic nitrogens is 1. The maximum atomic E-state index is 13.4. The lowest BCUT2D eigenvalue weighted by molar-refractivity contribution is 0.398. The molecule has 1 heterocycles. The molecular weight excluding hydrogens is 193 g/mol. The summed E-state index contributed by atoms with van der Waals surface area (Å²) in [5.41, 5.74) is 1.24. The van der Waals surface area contributed by atoms with Crippen LogP contribution in [0.1, 0.15) is 0 Å². The third-order valence-corrected chi connectivity index (χ3v) is 2.07. The second-order valence-electron chi connectivity index (χ2n) is 3.00. The highest BCUT2D eigenvalue weighted by Gasteiger charge is 2.04. The van der Waals surface area contributed by atoms with Gasteiger partial charge in [-0.2, -0.15) is 0 Å². The first-order valence-electron chi connectivity index (χ1n) is 4.47. The molecule has 1 radical (unpaired) electrons.